The van der Waals surface area contributed by atoms with Crippen molar-refractivity contribution < 1.29 is 9.47 Å². The van der Waals surface area contributed by atoms with Crippen molar-refractivity contribution in [3.63, 3.8) is 0 Å². The highest BCUT2D eigenvalue weighted by atomic mass is 16.5. The second kappa shape index (κ2) is 8.52. The Balaban J connectivity index is 1.46. The van der Waals surface area contributed by atoms with Gasteiger partial charge in [-0.1, -0.05) is 12.8 Å². The minimum atomic E-state index is 0.341. The molecule has 0 bridgehead atoms. The third-order valence-corrected chi connectivity index (χ3v) is 5.44. The number of nitrogens with zero attached hydrogens (tertiary/aromatic N) is 2. The summed E-state index contributed by atoms with van der Waals surface area (Å²) in [7, 11) is 0. The maximum absolute atomic E-state index is 6.17. The molecular weight excluding hydrogens is 324 g/mol. The van der Waals surface area contributed by atoms with E-state index in [0.717, 1.165) is 48.6 Å². The van der Waals surface area contributed by atoms with Crippen LogP contribution in [0.25, 0.3) is 11.4 Å². The minimum Gasteiger partial charge on any atom is -0.490 e. The zero-order valence-corrected chi connectivity index (χ0v) is 15.4. The molecule has 2 aromatic heterocycles. The molecule has 2 aliphatic carbocycles. The van der Waals surface area contributed by atoms with E-state index < -0.39 is 0 Å². The lowest BCUT2D eigenvalue weighted by Gasteiger charge is -2.23. The Bertz CT molecular complexity index is 645. The van der Waals surface area contributed by atoms with Gasteiger partial charge in [0.25, 0.3) is 0 Å². The van der Waals surface area contributed by atoms with Crippen LogP contribution in [-0.2, 0) is 0 Å². The van der Waals surface area contributed by atoms with Gasteiger partial charge in [-0.2, -0.15) is 0 Å². The fourth-order valence-corrected chi connectivity index (χ4v) is 4.00. The van der Waals surface area contributed by atoms with Gasteiger partial charge in [0, 0.05) is 24.5 Å². The van der Waals surface area contributed by atoms with Crippen molar-refractivity contribution in [3.8, 4) is 22.9 Å². The zero-order chi connectivity index (χ0) is 17.6. The van der Waals surface area contributed by atoms with Crippen LogP contribution in [0.1, 0.15) is 64.2 Å². The molecule has 4 heteroatoms. The van der Waals surface area contributed by atoms with Crippen molar-refractivity contribution in [2.45, 2.75) is 76.4 Å². The van der Waals surface area contributed by atoms with Gasteiger partial charge in [0.05, 0.1) is 23.6 Å². The van der Waals surface area contributed by atoms with Crippen LogP contribution in [0, 0.1) is 0 Å². The highest BCUT2D eigenvalue weighted by Gasteiger charge is 2.17. The van der Waals surface area contributed by atoms with Crippen LogP contribution >= 0.6 is 0 Å². The van der Waals surface area contributed by atoms with Gasteiger partial charge in [-0.05, 0) is 63.5 Å². The summed E-state index contributed by atoms with van der Waals surface area (Å²) in [5.41, 5.74) is 1.68. The molecule has 0 radical (unpaired) electrons. The lowest BCUT2D eigenvalue weighted by atomic mass is 9.98. The van der Waals surface area contributed by atoms with Crippen molar-refractivity contribution in [1.82, 2.24) is 9.97 Å². The molecule has 2 heterocycles. The van der Waals surface area contributed by atoms with E-state index in [1.54, 1.807) is 0 Å². The predicted molar refractivity (Wildman–Crippen MR) is 102 cm³/mol. The Morgan fingerprint density at radius 1 is 0.615 bits per heavy atom. The molecule has 4 nitrogen and oxygen atoms in total. The Morgan fingerprint density at radius 2 is 1.04 bits per heavy atom. The van der Waals surface area contributed by atoms with E-state index in [1.807, 2.05) is 36.7 Å². The molecule has 2 fully saturated rings. The summed E-state index contributed by atoms with van der Waals surface area (Å²) in [4.78, 5) is 8.99. The summed E-state index contributed by atoms with van der Waals surface area (Å²) in [6, 6.07) is 7.89. The van der Waals surface area contributed by atoms with Crippen LogP contribution in [-0.4, -0.2) is 22.2 Å². The quantitative estimate of drug-likeness (QED) is 0.706. The van der Waals surface area contributed by atoms with E-state index in [2.05, 4.69) is 9.97 Å². The largest absolute Gasteiger partial charge is 0.490 e. The smallest absolute Gasteiger partial charge is 0.123 e. The third-order valence-electron chi connectivity index (χ3n) is 5.44. The summed E-state index contributed by atoms with van der Waals surface area (Å²) in [6.45, 7) is 0. The molecule has 0 aromatic carbocycles. The van der Waals surface area contributed by atoms with Crippen LogP contribution in [0.4, 0.5) is 0 Å². The van der Waals surface area contributed by atoms with Crippen molar-refractivity contribution in [2.24, 2.45) is 0 Å². The fourth-order valence-electron chi connectivity index (χ4n) is 4.00. The van der Waals surface area contributed by atoms with Crippen molar-refractivity contribution in [3.05, 3.63) is 36.7 Å². The average molecular weight is 352 g/mol. The van der Waals surface area contributed by atoms with Crippen LogP contribution < -0.4 is 9.47 Å². The first kappa shape index (κ1) is 17.3. The van der Waals surface area contributed by atoms with Gasteiger partial charge in [-0.3, -0.25) is 9.97 Å². The lowest BCUT2D eigenvalue weighted by Crippen LogP contribution is -2.19. The molecule has 0 aliphatic heterocycles. The van der Waals surface area contributed by atoms with Gasteiger partial charge < -0.3 is 9.47 Å². The van der Waals surface area contributed by atoms with Crippen LogP contribution in [0.15, 0.2) is 36.7 Å². The Hall–Kier alpha value is -2.10. The van der Waals surface area contributed by atoms with Crippen molar-refractivity contribution in [2.75, 3.05) is 0 Å². The normalized spacial score (nSPS) is 19.2. The molecule has 0 spiro atoms. The lowest BCUT2D eigenvalue weighted by molar-refractivity contribution is 0.154. The Labute approximate surface area is 156 Å². The standard InChI is InChI=1S/C22H28N2O2/c1-3-7-17(8-4-1)25-19-11-13-23-21(15-19)22-16-20(12-14-24-22)26-18-9-5-2-6-10-18/h11-18H,1-10H2. The van der Waals surface area contributed by atoms with E-state index in [9.17, 15) is 0 Å². The first-order chi connectivity index (χ1) is 12.9. The molecule has 138 valence electrons. The SMILES string of the molecule is c1cc(OC2CCCCC2)cc(-c2cc(OC3CCCCC3)ccn2)n1. The molecule has 0 amide bonds. The maximum atomic E-state index is 6.17. The summed E-state index contributed by atoms with van der Waals surface area (Å²) in [5, 5.41) is 0. The van der Waals surface area contributed by atoms with E-state index in [-0.39, 0.29) is 0 Å². The fraction of sp³-hybridized carbons (Fsp3) is 0.545. The number of ether oxygens (including phenoxy) is 2. The van der Waals surface area contributed by atoms with Crippen LogP contribution in [0.5, 0.6) is 11.5 Å². The number of hydrogen-bond acceptors (Lipinski definition) is 4. The summed E-state index contributed by atoms with van der Waals surface area (Å²) in [5.74, 6) is 1.78. The van der Waals surface area contributed by atoms with E-state index in [1.165, 1.54) is 38.5 Å². The van der Waals surface area contributed by atoms with Crippen LogP contribution in [0.3, 0.4) is 0 Å². The van der Waals surface area contributed by atoms with Gasteiger partial charge in [0.15, 0.2) is 0 Å². The molecule has 0 atom stereocenters. The van der Waals surface area contributed by atoms with Crippen molar-refractivity contribution in [1.29, 1.82) is 0 Å². The average Bonchev–Trinajstić information content (AvgIpc) is 2.70. The third kappa shape index (κ3) is 4.54. The molecule has 2 aliphatic rings. The van der Waals surface area contributed by atoms with Gasteiger partial charge in [-0.25, -0.2) is 0 Å². The second-order valence-corrected chi connectivity index (χ2v) is 7.51. The second-order valence-electron chi connectivity index (χ2n) is 7.51. The zero-order valence-electron chi connectivity index (χ0n) is 15.4. The number of hydrogen-bond donors (Lipinski definition) is 0. The molecule has 26 heavy (non-hydrogen) atoms. The molecule has 0 saturated heterocycles. The van der Waals surface area contributed by atoms with Gasteiger partial charge in [0.1, 0.15) is 11.5 Å². The predicted octanol–water partition coefficient (Wildman–Crippen LogP) is 5.57. The highest BCUT2D eigenvalue weighted by Crippen LogP contribution is 2.28. The van der Waals surface area contributed by atoms with E-state index in [4.69, 9.17) is 9.47 Å². The minimum absolute atomic E-state index is 0.341. The summed E-state index contributed by atoms with van der Waals surface area (Å²) < 4.78 is 12.3. The topological polar surface area (TPSA) is 44.2 Å². The molecule has 4 rings (SSSR count). The Morgan fingerprint density at radius 3 is 1.46 bits per heavy atom. The molecule has 2 aromatic rings. The molecular formula is C22H28N2O2. The highest BCUT2D eigenvalue weighted by molar-refractivity contribution is 5.57. The molecule has 0 N–H and O–H groups in total. The number of rotatable bonds is 5. The summed E-state index contributed by atoms with van der Waals surface area (Å²) in [6.07, 6.45) is 16.7. The number of aromatic nitrogens is 2. The van der Waals surface area contributed by atoms with Gasteiger partial charge in [0.2, 0.25) is 0 Å². The maximum Gasteiger partial charge on any atom is 0.123 e. The Kier molecular flexibility index (Phi) is 5.68. The van der Waals surface area contributed by atoms with E-state index in [0.29, 0.717) is 12.2 Å². The van der Waals surface area contributed by atoms with Gasteiger partial charge in [-0.15, -0.1) is 0 Å². The molecule has 0 unspecified atom stereocenters. The van der Waals surface area contributed by atoms with E-state index >= 15 is 0 Å². The van der Waals surface area contributed by atoms with Crippen molar-refractivity contribution >= 4 is 0 Å². The van der Waals surface area contributed by atoms with Crippen LogP contribution in [0.2, 0.25) is 0 Å². The monoisotopic (exact) mass is 352 g/mol. The molecule has 2 saturated carbocycles. The summed E-state index contributed by atoms with van der Waals surface area (Å²) >= 11 is 0. The first-order valence-corrected chi connectivity index (χ1v) is 10.1. The first-order valence-electron chi connectivity index (χ1n) is 10.1. The number of pyridine rings is 2. The van der Waals surface area contributed by atoms with Gasteiger partial charge >= 0.3 is 0 Å².